The number of likely N-dealkylation sites (tertiary alicyclic amines) is 1. The first kappa shape index (κ1) is 34.9. The number of H-pyrrole nitrogens is 1. The number of aromatic hydroxyl groups is 1. The van der Waals surface area contributed by atoms with Crippen LogP contribution in [-0.2, 0) is 11.2 Å². The van der Waals surface area contributed by atoms with Crippen LogP contribution in [0.3, 0.4) is 0 Å². The van der Waals surface area contributed by atoms with E-state index in [1.54, 1.807) is 0 Å². The number of hydrogen-bond acceptors (Lipinski definition) is 9. The molecule has 2 aliphatic rings. The molecule has 0 bridgehead atoms. The highest BCUT2D eigenvalue weighted by atomic mass is 32.2. The Bertz CT molecular complexity index is 1460. The van der Waals surface area contributed by atoms with Crippen LogP contribution < -0.4 is 10.7 Å². The monoisotopic (exact) mass is 640 g/mol. The zero-order valence-corrected chi connectivity index (χ0v) is 25.4. The topological polar surface area (TPSA) is 153 Å². The van der Waals surface area contributed by atoms with Gasteiger partial charge in [-0.15, -0.1) is 0 Å². The number of aromatic nitrogens is 1. The van der Waals surface area contributed by atoms with Gasteiger partial charge in [-0.1, -0.05) is 17.8 Å². The first-order valence-electron chi connectivity index (χ1n) is 13.8. The number of nitrogens with zero attached hydrogens (tertiary/aromatic N) is 2. The van der Waals surface area contributed by atoms with Crippen molar-refractivity contribution < 1.29 is 32.3 Å². The van der Waals surface area contributed by atoms with Gasteiger partial charge in [0.15, 0.2) is 12.0 Å². The third-order valence-corrected chi connectivity index (χ3v) is 8.82. The Hall–Kier alpha value is -3.56. The lowest BCUT2D eigenvalue weighted by Gasteiger charge is -2.45. The van der Waals surface area contributed by atoms with Crippen LogP contribution in [0.5, 0.6) is 5.75 Å². The summed E-state index contributed by atoms with van der Waals surface area (Å²) in [5, 5.41) is 28.0. The van der Waals surface area contributed by atoms with Crippen molar-refractivity contribution in [1.82, 2.24) is 20.1 Å². The largest absolute Gasteiger partial charge is 0.503 e. The zero-order chi connectivity index (χ0) is 32.8. The fourth-order valence-electron chi connectivity index (χ4n) is 5.29. The predicted octanol–water partition coefficient (Wildman–Crippen LogP) is 3.97. The lowest BCUT2D eigenvalue weighted by molar-refractivity contribution is -0.138. The Morgan fingerprint density at radius 3 is 2.41 bits per heavy atom. The molecule has 0 unspecified atom stereocenters. The summed E-state index contributed by atoms with van der Waals surface area (Å²) in [6, 6.07) is 2.95. The first-order valence-corrected chi connectivity index (χ1v) is 14.7. The quantitative estimate of drug-likeness (QED) is 0.101. The van der Waals surface area contributed by atoms with Crippen molar-refractivity contribution in [1.29, 1.82) is 10.8 Å². The number of thioether (sulfide) groups is 1. The minimum atomic E-state index is -2.69. The average Bonchev–Trinajstić information content (AvgIpc) is 3.35. The third-order valence-electron chi connectivity index (χ3n) is 8.01. The van der Waals surface area contributed by atoms with E-state index >= 15 is 0 Å². The molecule has 0 atom stereocenters. The van der Waals surface area contributed by atoms with Crippen LogP contribution in [0.1, 0.15) is 53.7 Å². The zero-order valence-electron chi connectivity index (χ0n) is 24.6. The molecule has 1 aliphatic heterocycles. The second-order valence-corrected chi connectivity index (χ2v) is 12.1. The van der Waals surface area contributed by atoms with Gasteiger partial charge in [0.2, 0.25) is 11.3 Å². The van der Waals surface area contributed by atoms with Gasteiger partial charge >= 0.3 is 0 Å². The van der Waals surface area contributed by atoms with E-state index in [9.17, 15) is 37.1 Å². The molecule has 4 rings (SSSR count). The average molecular weight is 641 g/mol. The van der Waals surface area contributed by atoms with Gasteiger partial charge < -0.3 is 20.3 Å². The first-order chi connectivity index (χ1) is 20.6. The second kappa shape index (κ2) is 14.5. The Morgan fingerprint density at radius 2 is 1.89 bits per heavy atom. The minimum Gasteiger partial charge on any atom is -0.503 e. The highest BCUT2D eigenvalue weighted by Crippen LogP contribution is 2.36. The molecule has 15 heteroatoms. The van der Waals surface area contributed by atoms with Gasteiger partial charge in [-0.05, 0) is 58.5 Å². The summed E-state index contributed by atoms with van der Waals surface area (Å²) < 4.78 is 52.8. The van der Waals surface area contributed by atoms with Crippen LogP contribution in [0, 0.1) is 28.4 Å². The molecular weight excluding hydrogens is 604 g/mol. The maximum Gasteiger partial charge on any atom is 0.267 e. The molecule has 5 N–H and O–H groups in total. The molecule has 240 valence electrons. The van der Waals surface area contributed by atoms with Gasteiger partial charge in [0, 0.05) is 37.6 Å². The summed E-state index contributed by atoms with van der Waals surface area (Å²) in [6.07, 6.45) is 4.23. The van der Waals surface area contributed by atoms with Gasteiger partial charge in [-0.25, -0.2) is 17.6 Å². The molecule has 1 aromatic heterocycles. The fourth-order valence-corrected chi connectivity index (χ4v) is 6.03. The SMILES string of the molecule is CNC1(N(C)C)CCC(C(=O)N2CCC(F)(F)C2)CC1.N=C(Cc1ccc(F)cc1F)SC(=N)c1c[nH]c(C=O)c(O)c1=O. The maximum atomic E-state index is 13.6. The number of aromatic amines is 1. The number of pyridine rings is 1. The number of carbonyl (C=O) groups excluding carboxylic acids is 2. The number of benzene rings is 1. The van der Waals surface area contributed by atoms with Crippen LogP contribution in [0.15, 0.2) is 29.2 Å². The fraction of sp³-hybridized carbons (Fsp3) is 0.483. The molecule has 10 nitrogen and oxygen atoms in total. The molecule has 2 heterocycles. The number of alkyl halides is 2. The van der Waals surface area contributed by atoms with Gasteiger partial charge in [0.1, 0.15) is 22.4 Å². The number of nitrogens with one attached hydrogen (secondary N) is 4. The summed E-state index contributed by atoms with van der Waals surface area (Å²) in [6.45, 7) is -0.194. The van der Waals surface area contributed by atoms with E-state index in [4.69, 9.17) is 10.8 Å². The minimum absolute atomic E-state index is 0.0638. The third kappa shape index (κ3) is 8.33. The Balaban J connectivity index is 0.000000244. The summed E-state index contributed by atoms with van der Waals surface area (Å²) in [4.78, 5) is 40.7. The van der Waals surface area contributed by atoms with Crippen LogP contribution in [0.2, 0.25) is 0 Å². The van der Waals surface area contributed by atoms with Crippen molar-refractivity contribution in [3.63, 3.8) is 0 Å². The maximum absolute atomic E-state index is 13.6. The van der Waals surface area contributed by atoms with Crippen molar-refractivity contribution in [2.75, 3.05) is 34.2 Å². The molecule has 1 aromatic carbocycles. The van der Waals surface area contributed by atoms with E-state index in [1.807, 2.05) is 21.1 Å². The van der Waals surface area contributed by atoms with Crippen LogP contribution >= 0.6 is 11.8 Å². The van der Waals surface area contributed by atoms with Crippen LogP contribution in [0.4, 0.5) is 17.6 Å². The molecule has 1 aliphatic carbocycles. The molecule has 1 amide bonds. The second-order valence-electron chi connectivity index (χ2n) is 11.0. The molecule has 44 heavy (non-hydrogen) atoms. The number of rotatable bonds is 7. The molecule has 2 aromatic rings. The van der Waals surface area contributed by atoms with Crippen molar-refractivity contribution in [3.8, 4) is 5.75 Å². The molecule has 0 spiro atoms. The Morgan fingerprint density at radius 1 is 1.23 bits per heavy atom. The summed E-state index contributed by atoms with van der Waals surface area (Å²) in [5.41, 5.74) is -1.45. The van der Waals surface area contributed by atoms with Gasteiger partial charge in [0.25, 0.3) is 5.92 Å². The number of halogens is 4. The highest BCUT2D eigenvalue weighted by molar-refractivity contribution is 8.26. The van der Waals surface area contributed by atoms with Crippen molar-refractivity contribution in [3.05, 3.63) is 63.1 Å². The smallest absolute Gasteiger partial charge is 0.267 e. The van der Waals surface area contributed by atoms with Crippen LogP contribution in [0.25, 0.3) is 0 Å². The number of amides is 1. The molecule has 0 radical (unpaired) electrons. The lowest BCUT2D eigenvalue weighted by atomic mass is 9.80. The standard InChI is InChI=1S/C15H11F2N3O3S.C14H25F2N3O/c16-8-2-1-7(10(17)4-8)3-12(18)24-15(19)9-5-20-11(6-21)14(23)13(9)22;1-17-14(18(2)3)6-4-11(5-7-14)12(20)19-9-8-13(15,16)10-19/h1-2,4-6,18-19,23H,3H2,(H,20,22);11,17H,4-10H2,1-3H3. The van der Waals surface area contributed by atoms with E-state index in [0.29, 0.717) is 17.8 Å². The summed E-state index contributed by atoms with van der Waals surface area (Å²) >= 11 is 0.584. The number of aldehydes is 1. The summed E-state index contributed by atoms with van der Waals surface area (Å²) in [5.74, 6) is -5.22. The van der Waals surface area contributed by atoms with E-state index < -0.39 is 35.3 Å². The molecular formula is C29H36F4N6O4S. The van der Waals surface area contributed by atoms with E-state index in [0.717, 1.165) is 37.9 Å². The molecule has 1 saturated heterocycles. The van der Waals surface area contributed by atoms with Crippen LogP contribution in [-0.4, -0.2) is 88.0 Å². The number of carbonyl (C=O) groups is 2. The van der Waals surface area contributed by atoms with Crippen molar-refractivity contribution >= 4 is 34.0 Å². The predicted molar refractivity (Wildman–Crippen MR) is 160 cm³/mol. The normalized spacial score (nSPS) is 21.0. The van der Waals surface area contributed by atoms with Crippen molar-refractivity contribution in [2.24, 2.45) is 5.92 Å². The van der Waals surface area contributed by atoms with Gasteiger partial charge in [-0.2, -0.15) is 0 Å². The Kier molecular flexibility index (Phi) is 11.5. The van der Waals surface area contributed by atoms with Gasteiger partial charge in [0.05, 0.1) is 22.8 Å². The highest BCUT2D eigenvalue weighted by Gasteiger charge is 2.44. The van der Waals surface area contributed by atoms with Crippen molar-refractivity contribution in [2.45, 2.75) is 50.1 Å². The molecule has 2 fully saturated rings. The van der Waals surface area contributed by atoms with E-state index in [-0.39, 0.29) is 70.1 Å². The van der Waals surface area contributed by atoms with E-state index in [1.165, 1.54) is 11.0 Å². The number of hydrogen-bond donors (Lipinski definition) is 5. The summed E-state index contributed by atoms with van der Waals surface area (Å²) in [7, 11) is 5.99. The molecule has 1 saturated carbocycles. The Labute approximate surface area is 256 Å². The van der Waals surface area contributed by atoms with E-state index in [2.05, 4.69) is 15.2 Å². The lowest BCUT2D eigenvalue weighted by Crippen LogP contribution is -2.57. The van der Waals surface area contributed by atoms with Gasteiger partial charge in [-0.3, -0.25) is 30.1 Å².